The lowest BCUT2D eigenvalue weighted by Gasteiger charge is -2.38. The molecule has 4 heteroatoms. The maximum Gasteiger partial charge on any atom is 0.237 e. The molecule has 0 aromatic heterocycles. The lowest BCUT2D eigenvalue weighted by atomic mass is 9.90. The predicted molar refractivity (Wildman–Crippen MR) is 82.4 cm³/mol. The lowest BCUT2D eigenvalue weighted by Crippen LogP contribution is -2.53. The number of rotatable bonds is 7. The van der Waals surface area contributed by atoms with Gasteiger partial charge >= 0.3 is 0 Å². The zero-order valence-corrected chi connectivity index (χ0v) is 13.2. The Labute approximate surface area is 123 Å². The Morgan fingerprint density at radius 1 is 1.35 bits per heavy atom. The molecule has 2 aliphatic rings. The van der Waals surface area contributed by atoms with Crippen LogP contribution in [-0.4, -0.2) is 42.0 Å². The first-order valence-corrected chi connectivity index (χ1v) is 8.36. The zero-order valence-electron chi connectivity index (χ0n) is 13.2. The van der Waals surface area contributed by atoms with Crippen molar-refractivity contribution in [1.82, 2.24) is 10.2 Å². The van der Waals surface area contributed by atoms with Crippen LogP contribution in [0.1, 0.15) is 58.8 Å². The quantitative estimate of drug-likeness (QED) is 0.749. The molecule has 0 radical (unpaired) electrons. The van der Waals surface area contributed by atoms with Crippen molar-refractivity contribution in [3.63, 3.8) is 0 Å². The highest BCUT2D eigenvalue weighted by molar-refractivity contribution is 5.84. The molecule has 1 saturated carbocycles. The van der Waals surface area contributed by atoms with Crippen molar-refractivity contribution in [3.05, 3.63) is 0 Å². The third kappa shape index (κ3) is 3.53. The average Bonchev–Trinajstić information content (AvgIpc) is 2.88. The van der Waals surface area contributed by atoms with Crippen molar-refractivity contribution in [3.8, 4) is 0 Å². The number of fused-ring (bicyclic) bond motifs is 1. The second kappa shape index (κ2) is 6.90. The molecule has 2 fully saturated rings. The van der Waals surface area contributed by atoms with Crippen molar-refractivity contribution in [2.75, 3.05) is 19.6 Å². The Hall–Kier alpha value is -0.610. The van der Waals surface area contributed by atoms with Crippen LogP contribution in [0.25, 0.3) is 0 Å². The second-order valence-corrected chi connectivity index (χ2v) is 6.77. The molecule has 3 unspecified atom stereocenters. The molecule has 3 N–H and O–H groups in total. The van der Waals surface area contributed by atoms with Crippen LogP contribution in [0.5, 0.6) is 0 Å². The minimum Gasteiger partial charge on any atom is -0.368 e. The lowest BCUT2D eigenvalue weighted by molar-refractivity contribution is -0.124. The second-order valence-electron chi connectivity index (χ2n) is 6.77. The number of nitrogens with two attached hydrogens (primary N) is 1. The van der Waals surface area contributed by atoms with Gasteiger partial charge in [0.2, 0.25) is 5.91 Å². The van der Waals surface area contributed by atoms with Crippen LogP contribution in [0.15, 0.2) is 0 Å². The largest absolute Gasteiger partial charge is 0.368 e. The molecule has 0 bridgehead atoms. The Bertz CT molecular complexity index is 334. The fourth-order valence-corrected chi connectivity index (χ4v) is 4.16. The molecule has 1 amide bonds. The van der Waals surface area contributed by atoms with Gasteiger partial charge in [-0.25, -0.2) is 0 Å². The van der Waals surface area contributed by atoms with E-state index in [9.17, 15) is 4.79 Å². The van der Waals surface area contributed by atoms with E-state index in [4.69, 9.17) is 5.73 Å². The molecule has 3 atom stereocenters. The summed E-state index contributed by atoms with van der Waals surface area (Å²) < 4.78 is 0. The number of likely N-dealkylation sites (tertiary alicyclic amines) is 1. The van der Waals surface area contributed by atoms with E-state index < -0.39 is 5.54 Å². The highest BCUT2D eigenvalue weighted by atomic mass is 16.1. The maximum atomic E-state index is 11.6. The van der Waals surface area contributed by atoms with Crippen molar-refractivity contribution < 1.29 is 4.79 Å². The molecule has 0 aromatic rings. The summed E-state index contributed by atoms with van der Waals surface area (Å²) >= 11 is 0. The third-order valence-corrected chi connectivity index (χ3v) is 5.34. The molecule has 1 saturated heterocycles. The van der Waals surface area contributed by atoms with E-state index in [-0.39, 0.29) is 5.91 Å². The summed E-state index contributed by atoms with van der Waals surface area (Å²) in [5, 5.41) is 3.25. The number of amides is 1. The topological polar surface area (TPSA) is 58.4 Å². The number of hydrogen-bond donors (Lipinski definition) is 2. The Kier molecular flexibility index (Phi) is 5.44. The van der Waals surface area contributed by atoms with Gasteiger partial charge in [0.25, 0.3) is 0 Å². The van der Waals surface area contributed by atoms with E-state index >= 15 is 0 Å². The monoisotopic (exact) mass is 281 g/mol. The summed E-state index contributed by atoms with van der Waals surface area (Å²) in [6, 6.07) is 0.822. The number of primary amides is 1. The zero-order chi connectivity index (χ0) is 14.6. The van der Waals surface area contributed by atoms with Gasteiger partial charge in [-0.2, -0.15) is 0 Å². The molecule has 1 aliphatic carbocycles. The van der Waals surface area contributed by atoms with E-state index in [0.29, 0.717) is 0 Å². The number of nitrogens with one attached hydrogen (secondary N) is 1. The molecule has 1 heterocycles. The summed E-state index contributed by atoms with van der Waals surface area (Å²) in [5.41, 5.74) is 5.00. The summed E-state index contributed by atoms with van der Waals surface area (Å²) in [6.45, 7) is 7.11. The molecule has 1 aliphatic heterocycles. The number of piperidine rings is 1. The number of carbonyl (C=O) groups excluding carboxylic acids is 1. The minimum atomic E-state index is -0.542. The van der Waals surface area contributed by atoms with E-state index in [0.717, 1.165) is 37.9 Å². The number of hydrogen-bond acceptors (Lipinski definition) is 3. The van der Waals surface area contributed by atoms with E-state index in [1.165, 1.54) is 38.6 Å². The molecule has 116 valence electrons. The Morgan fingerprint density at radius 2 is 2.10 bits per heavy atom. The van der Waals surface area contributed by atoms with Crippen LogP contribution in [0.2, 0.25) is 0 Å². The number of likely N-dealkylation sites (N-methyl/N-ethyl adjacent to an activating group) is 1. The van der Waals surface area contributed by atoms with Gasteiger partial charge in [-0.05, 0) is 71.0 Å². The van der Waals surface area contributed by atoms with Gasteiger partial charge in [-0.3, -0.25) is 4.79 Å². The van der Waals surface area contributed by atoms with Crippen molar-refractivity contribution in [2.24, 2.45) is 11.7 Å². The smallest absolute Gasteiger partial charge is 0.237 e. The molecule has 0 spiro atoms. The average molecular weight is 281 g/mol. The Morgan fingerprint density at radius 3 is 2.80 bits per heavy atom. The molecule has 2 rings (SSSR count). The molecular weight excluding hydrogens is 250 g/mol. The first-order chi connectivity index (χ1) is 9.57. The van der Waals surface area contributed by atoms with Crippen LogP contribution in [0, 0.1) is 5.92 Å². The van der Waals surface area contributed by atoms with Crippen molar-refractivity contribution in [2.45, 2.75) is 70.4 Å². The van der Waals surface area contributed by atoms with Crippen molar-refractivity contribution >= 4 is 5.91 Å². The van der Waals surface area contributed by atoms with Gasteiger partial charge in [0.1, 0.15) is 0 Å². The van der Waals surface area contributed by atoms with Crippen molar-refractivity contribution in [1.29, 1.82) is 0 Å². The van der Waals surface area contributed by atoms with Gasteiger partial charge in [-0.1, -0.05) is 13.3 Å². The Balaban J connectivity index is 1.81. The fourth-order valence-electron chi connectivity index (χ4n) is 4.16. The van der Waals surface area contributed by atoms with Crippen LogP contribution in [-0.2, 0) is 4.79 Å². The standard InChI is InChI=1S/C16H31N3O/c1-3-18-16(2,15(17)20)10-6-12-19-11-5-8-13-7-4-9-14(13)19/h13-14,18H,3-12H2,1-2H3,(H2,17,20). The highest BCUT2D eigenvalue weighted by Gasteiger charge is 2.35. The molecule has 0 aromatic carbocycles. The van der Waals surface area contributed by atoms with E-state index in [1.54, 1.807) is 0 Å². The number of nitrogens with zero attached hydrogens (tertiary/aromatic N) is 1. The van der Waals surface area contributed by atoms with Gasteiger partial charge in [0.15, 0.2) is 0 Å². The van der Waals surface area contributed by atoms with Crippen LogP contribution in [0.4, 0.5) is 0 Å². The summed E-state index contributed by atoms with van der Waals surface area (Å²) in [7, 11) is 0. The highest BCUT2D eigenvalue weighted by Crippen LogP contribution is 2.36. The summed E-state index contributed by atoms with van der Waals surface area (Å²) in [4.78, 5) is 14.3. The van der Waals surface area contributed by atoms with Crippen LogP contribution in [0.3, 0.4) is 0 Å². The van der Waals surface area contributed by atoms with Crippen LogP contribution < -0.4 is 11.1 Å². The molecular formula is C16H31N3O. The van der Waals surface area contributed by atoms with E-state index in [2.05, 4.69) is 10.2 Å². The van der Waals surface area contributed by atoms with Crippen LogP contribution >= 0.6 is 0 Å². The van der Waals surface area contributed by atoms with Gasteiger partial charge in [0, 0.05) is 6.04 Å². The maximum absolute atomic E-state index is 11.6. The van der Waals surface area contributed by atoms with Gasteiger partial charge in [0.05, 0.1) is 5.54 Å². The first-order valence-electron chi connectivity index (χ1n) is 8.36. The van der Waals surface area contributed by atoms with E-state index in [1.807, 2.05) is 13.8 Å². The minimum absolute atomic E-state index is 0.225. The fraction of sp³-hybridized carbons (Fsp3) is 0.938. The third-order valence-electron chi connectivity index (χ3n) is 5.34. The summed E-state index contributed by atoms with van der Waals surface area (Å²) in [6.07, 6.45) is 8.88. The predicted octanol–water partition coefficient (Wildman–Crippen LogP) is 1.88. The summed E-state index contributed by atoms with van der Waals surface area (Å²) in [5.74, 6) is 0.719. The van der Waals surface area contributed by atoms with Gasteiger partial charge < -0.3 is 16.0 Å². The SMILES string of the molecule is CCNC(C)(CCCN1CCCC2CCCC21)C(N)=O. The number of carbonyl (C=O) groups is 1. The molecule has 20 heavy (non-hydrogen) atoms. The molecule has 4 nitrogen and oxygen atoms in total. The normalized spacial score (nSPS) is 29.9. The van der Waals surface area contributed by atoms with Gasteiger partial charge in [-0.15, -0.1) is 0 Å². The first kappa shape index (κ1) is 15.8.